The highest BCUT2D eigenvalue weighted by molar-refractivity contribution is 6.01. The van der Waals surface area contributed by atoms with Crippen LogP contribution in [0.4, 0.5) is 0 Å². The quantitative estimate of drug-likeness (QED) is 0.534. The number of hydrogen-bond acceptors (Lipinski definition) is 5. The minimum absolute atomic E-state index is 0.118. The van der Waals surface area contributed by atoms with Crippen molar-refractivity contribution in [1.82, 2.24) is 4.90 Å². The van der Waals surface area contributed by atoms with Gasteiger partial charge in [-0.15, -0.1) is 0 Å². The van der Waals surface area contributed by atoms with E-state index < -0.39 is 11.6 Å². The summed E-state index contributed by atoms with van der Waals surface area (Å²) in [6.07, 6.45) is 7.24. The number of methoxy groups -OCH3 is 1. The number of likely N-dealkylation sites (tertiary alicyclic amines) is 1. The van der Waals surface area contributed by atoms with E-state index in [1.807, 2.05) is 18.2 Å². The van der Waals surface area contributed by atoms with Crippen molar-refractivity contribution in [2.75, 3.05) is 26.7 Å². The van der Waals surface area contributed by atoms with Crippen molar-refractivity contribution in [2.24, 2.45) is 0 Å². The molecule has 31 heavy (non-hydrogen) atoms. The lowest BCUT2D eigenvalue weighted by atomic mass is 9.84. The van der Waals surface area contributed by atoms with Gasteiger partial charge in [-0.25, -0.2) is 4.79 Å². The lowest BCUT2D eigenvalue weighted by Gasteiger charge is -2.37. The third-order valence-corrected chi connectivity index (χ3v) is 6.28. The van der Waals surface area contributed by atoms with Gasteiger partial charge in [0.15, 0.2) is 5.78 Å². The average molecular weight is 420 g/mol. The van der Waals surface area contributed by atoms with Gasteiger partial charge in [0, 0.05) is 25.6 Å². The molecule has 1 spiro atoms. The zero-order chi connectivity index (χ0) is 21.7. The number of rotatable bonds is 5. The Kier molecular flexibility index (Phi) is 6.52. The third kappa shape index (κ3) is 5.23. The summed E-state index contributed by atoms with van der Waals surface area (Å²) in [5, 5.41) is 0. The van der Waals surface area contributed by atoms with Crippen molar-refractivity contribution >= 4 is 17.8 Å². The van der Waals surface area contributed by atoms with E-state index in [-0.39, 0.29) is 5.78 Å². The van der Waals surface area contributed by atoms with Crippen LogP contribution in [-0.4, -0.2) is 49.0 Å². The highest BCUT2D eigenvalue weighted by Crippen LogP contribution is 2.39. The molecule has 1 fully saturated rings. The second kappa shape index (κ2) is 9.48. The molecule has 2 aliphatic rings. The van der Waals surface area contributed by atoms with E-state index in [2.05, 4.69) is 33.9 Å². The maximum absolute atomic E-state index is 13.0. The van der Waals surface area contributed by atoms with Gasteiger partial charge in [-0.05, 0) is 55.1 Å². The van der Waals surface area contributed by atoms with Gasteiger partial charge < -0.3 is 14.4 Å². The predicted octanol–water partition coefficient (Wildman–Crippen LogP) is 4.31. The number of ether oxygens (including phenoxy) is 2. The van der Waals surface area contributed by atoms with Crippen LogP contribution >= 0.6 is 0 Å². The Morgan fingerprint density at radius 1 is 1.16 bits per heavy atom. The van der Waals surface area contributed by atoms with E-state index in [1.165, 1.54) is 18.7 Å². The topological polar surface area (TPSA) is 55.8 Å². The molecule has 2 aromatic carbocycles. The largest absolute Gasteiger partial charge is 0.486 e. The number of nitrogens with zero attached hydrogens (tertiary/aromatic N) is 1. The highest BCUT2D eigenvalue weighted by Gasteiger charge is 2.41. The van der Waals surface area contributed by atoms with Gasteiger partial charge in [-0.3, -0.25) is 4.79 Å². The summed E-state index contributed by atoms with van der Waals surface area (Å²) in [6.45, 7) is 3.01. The second-order valence-corrected chi connectivity index (χ2v) is 8.43. The first-order valence-electron chi connectivity index (χ1n) is 11.0. The van der Waals surface area contributed by atoms with E-state index in [1.54, 1.807) is 12.1 Å². The number of ketones is 1. The lowest BCUT2D eigenvalue weighted by Crippen LogP contribution is -2.43. The van der Waals surface area contributed by atoms with Gasteiger partial charge in [-0.2, -0.15) is 0 Å². The molecule has 1 saturated heterocycles. The standard InChI is InChI=1S/C26H29NO4/c1-30-25(29)11-9-21-8-10-24-22(18-21)23(28)19-26(31-24)13-5-15-27(17-14-26)16-12-20-6-3-2-4-7-20/h2-4,6-11,18H,5,12-17,19H2,1H3/b11-9+. The maximum Gasteiger partial charge on any atom is 0.330 e. The Bertz CT molecular complexity index is 969. The summed E-state index contributed by atoms with van der Waals surface area (Å²) in [7, 11) is 1.34. The molecule has 2 heterocycles. The molecule has 0 bridgehead atoms. The van der Waals surface area contributed by atoms with Crippen LogP contribution in [0.5, 0.6) is 5.75 Å². The Morgan fingerprint density at radius 3 is 2.81 bits per heavy atom. The Labute approximate surface area is 183 Å². The number of carbonyl (C=O) groups excluding carboxylic acids is 2. The molecule has 5 heteroatoms. The molecule has 5 nitrogen and oxygen atoms in total. The van der Waals surface area contributed by atoms with Crippen LogP contribution in [-0.2, 0) is 16.0 Å². The number of hydrogen-bond donors (Lipinski definition) is 0. The van der Waals surface area contributed by atoms with Gasteiger partial charge in [0.2, 0.25) is 0 Å². The molecular weight excluding hydrogens is 390 g/mol. The van der Waals surface area contributed by atoms with Crippen LogP contribution in [0.25, 0.3) is 6.08 Å². The highest BCUT2D eigenvalue weighted by atomic mass is 16.5. The number of benzene rings is 2. The zero-order valence-corrected chi connectivity index (χ0v) is 18.0. The molecule has 2 aliphatic heterocycles. The molecule has 0 saturated carbocycles. The molecule has 162 valence electrons. The molecule has 1 unspecified atom stereocenters. The van der Waals surface area contributed by atoms with Crippen molar-refractivity contribution < 1.29 is 19.1 Å². The predicted molar refractivity (Wildman–Crippen MR) is 120 cm³/mol. The van der Waals surface area contributed by atoms with Crippen LogP contribution < -0.4 is 4.74 Å². The normalized spacial score (nSPS) is 21.5. The smallest absolute Gasteiger partial charge is 0.330 e. The number of carbonyl (C=O) groups is 2. The molecule has 2 aromatic rings. The van der Waals surface area contributed by atoms with Gasteiger partial charge in [-0.1, -0.05) is 36.4 Å². The molecule has 0 amide bonds. The minimum atomic E-state index is -0.422. The molecule has 0 radical (unpaired) electrons. The second-order valence-electron chi connectivity index (χ2n) is 8.43. The fourth-order valence-electron chi connectivity index (χ4n) is 4.51. The first kappa shape index (κ1) is 21.3. The van der Waals surface area contributed by atoms with Crippen molar-refractivity contribution in [1.29, 1.82) is 0 Å². The van der Waals surface area contributed by atoms with Crippen molar-refractivity contribution in [2.45, 2.75) is 37.7 Å². The monoisotopic (exact) mass is 419 g/mol. The van der Waals surface area contributed by atoms with Crippen LogP contribution in [0.3, 0.4) is 0 Å². The molecule has 0 aliphatic carbocycles. The van der Waals surface area contributed by atoms with Crippen LogP contribution in [0.2, 0.25) is 0 Å². The first-order valence-corrected chi connectivity index (χ1v) is 11.0. The Morgan fingerprint density at radius 2 is 2.00 bits per heavy atom. The summed E-state index contributed by atoms with van der Waals surface area (Å²) in [4.78, 5) is 26.8. The molecule has 4 rings (SSSR count). The van der Waals surface area contributed by atoms with Crippen molar-refractivity contribution in [3.8, 4) is 5.75 Å². The van der Waals surface area contributed by atoms with Gasteiger partial charge in [0.05, 0.1) is 19.1 Å². The van der Waals surface area contributed by atoms with Crippen molar-refractivity contribution in [3.05, 3.63) is 71.3 Å². The maximum atomic E-state index is 13.0. The number of Topliss-reactive ketones (excluding diaryl/α,β-unsaturated/α-hetero) is 1. The SMILES string of the molecule is COC(=O)/C=C/c1ccc2c(c1)C(=O)CC1(CCCN(CCc3ccccc3)CC1)O2. The Hall–Kier alpha value is -2.92. The summed E-state index contributed by atoms with van der Waals surface area (Å²) < 4.78 is 11.1. The third-order valence-electron chi connectivity index (χ3n) is 6.28. The van der Waals surface area contributed by atoms with Gasteiger partial charge in [0.25, 0.3) is 0 Å². The van der Waals surface area contributed by atoms with E-state index >= 15 is 0 Å². The van der Waals surface area contributed by atoms with Crippen LogP contribution in [0.1, 0.15) is 47.2 Å². The summed E-state index contributed by atoms with van der Waals surface area (Å²) in [5.41, 5.74) is 2.33. The number of fused-ring (bicyclic) bond motifs is 1. The first-order chi connectivity index (χ1) is 15.1. The van der Waals surface area contributed by atoms with E-state index in [0.717, 1.165) is 50.9 Å². The Balaban J connectivity index is 1.41. The molecular formula is C26H29NO4. The summed E-state index contributed by atoms with van der Waals surface area (Å²) >= 11 is 0. The van der Waals surface area contributed by atoms with Crippen molar-refractivity contribution in [3.63, 3.8) is 0 Å². The van der Waals surface area contributed by atoms with Gasteiger partial charge >= 0.3 is 5.97 Å². The lowest BCUT2D eigenvalue weighted by molar-refractivity contribution is -0.134. The fourth-order valence-corrected chi connectivity index (χ4v) is 4.51. The average Bonchev–Trinajstić information content (AvgIpc) is 2.99. The summed E-state index contributed by atoms with van der Waals surface area (Å²) in [6, 6.07) is 16.1. The molecule has 1 atom stereocenters. The van der Waals surface area contributed by atoms with Gasteiger partial charge in [0.1, 0.15) is 11.4 Å². The molecule has 0 N–H and O–H groups in total. The fraction of sp³-hybridized carbons (Fsp3) is 0.385. The van der Waals surface area contributed by atoms with E-state index in [0.29, 0.717) is 17.7 Å². The minimum Gasteiger partial charge on any atom is -0.486 e. The van der Waals surface area contributed by atoms with E-state index in [4.69, 9.17) is 4.74 Å². The number of esters is 1. The molecule has 0 aromatic heterocycles. The van der Waals surface area contributed by atoms with Crippen LogP contribution in [0.15, 0.2) is 54.6 Å². The van der Waals surface area contributed by atoms with E-state index in [9.17, 15) is 9.59 Å². The summed E-state index contributed by atoms with van der Waals surface area (Å²) in [5.74, 6) is 0.353. The van der Waals surface area contributed by atoms with Crippen LogP contribution in [0, 0.1) is 0 Å². The zero-order valence-electron chi connectivity index (χ0n) is 18.0.